The molecular weight excluding hydrogens is 425 g/mol. The Labute approximate surface area is 165 Å². The molecule has 0 atom stereocenters. The summed E-state index contributed by atoms with van der Waals surface area (Å²) in [6.07, 6.45) is 5.97. The van der Waals surface area contributed by atoms with E-state index in [1.54, 1.807) is 0 Å². The Morgan fingerprint density at radius 2 is 1.88 bits per heavy atom. The van der Waals surface area contributed by atoms with Crippen LogP contribution in [0.25, 0.3) is 10.8 Å². The van der Waals surface area contributed by atoms with Crippen LogP contribution in [0.4, 0.5) is 0 Å². The normalized spacial score (nSPS) is 11.2. The zero-order chi connectivity index (χ0) is 16.6. The number of hydrogen-bond donors (Lipinski definition) is 2. The van der Waals surface area contributed by atoms with Gasteiger partial charge in [-0.3, -0.25) is 4.98 Å². The number of fused-ring (bicyclic) bond motifs is 1. The summed E-state index contributed by atoms with van der Waals surface area (Å²) in [4.78, 5) is 9.17. The van der Waals surface area contributed by atoms with Crippen molar-refractivity contribution in [3.8, 4) is 0 Å². The topological polar surface area (TPSA) is 54.2 Å². The minimum atomic E-state index is 0. The lowest BCUT2D eigenvalue weighted by molar-refractivity contribution is 0.665. The first-order chi connectivity index (χ1) is 11.9. The van der Waals surface area contributed by atoms with Crippen LogP contribution >= 0.6 is 24.0 Å². The number of nitrogens with zero attached hydrogens (tertiary/aromatic N) is 3. The van der Waals surface area contributed by atoms with Crippen LogP contribution in [0.1, 0.15) is 12.6 Å². The Morgan fingerprint density at radius 1 is 1.08 bits per heavy atom. The van der Waals surface area contributed by atoms with Crippen LogP contribution in [0.15, 0.2) is 66.0 Å². The lowest BCUT2D eigenvalue weighted by atomic mass is 10.1. The van der Waals surface area contributed by atoms with Crippen molar-refractivity contribution in [1.29, 1.82) is 0 Å². The van der Waals surface area contributed by atoms with Gasteiger partial charge in [0.2, 0.25) is 0 Å². The van der Waals surface area contributed by atoms with Crippen molar-refractivity contribution in [2.24, 2.45) is 4.99 Å². The van der Waals surface area contributed by atoms with Gasteiger partial charge in [-0.1, -0.05) is 24.3 Å². The molecule has 132 valence electrons. The molecule has 0 saturated heterocycles. The second kappa shape index (κ2) is 10.0. The minimum absolute atomic E-state index is 0. The van der Waals surface area contributed by atoms with E-state index in [-0.39, 0.29) is 24.0 Å². The molecule has 0 fully saturated rings. The molecule has 0 aliphatic heterocycles. The minimum Gasteiger partial charge on any atom is -0.357 e. The van der Waals surface area contributed by atoms with E-state index >= 15 is 0 Å². The second-order valence-electron chi connectivity index (χ2n) is 5.52. The van der Waals surface area contributed by atoms with Crippen LogP contribution in [0.3, 0.4) is 0 Å². The average molecular weight is 449 g/mol. The predicted octanol–water partition coefficient (Wildman–Crippen LogP) is 3.41. The first-order valence-corrected chi connectivity index (χ1v) is 8.32. The molecule has 2 aromatic heterocycles. The van der Waals surface area contributed by atoms with Gasteiger partial charge in [-0.2, -0.15) is 0 Å². The first kappa shape index (κ1) is 19.2. The molecule has 3 rings (SSSR count). The highest BCUT2D eigenvalue weighted by molar-refractivity contribution is 14.0. The molecule has 0 amide bonds. The van der Waals surface area contributed by atoms with Crippen molar-refractivity contribution >= 4 is 40.7 Å². The Balaban J connectivity index is 0.00000225. The van der Waals surface area contributed by atoms with Crippen LogP contribution in [0.5, 0.6) is 0 Å². The molecule has 6 heteroatoms. The molecule has 3 aromatic rings. The quantitative estimate of drug-likeness (QED) is 0.345. The molecule has 0 spiro atoms. The SMILES string of the molecule is CCNC(=NCc1nccc2ccccc12)NCCn1cccc1.I. The smallest absolute Gasteiger partial charge is 0.191 e. The summed E-state index contributed by atoms with van der Waals surface area (Å²) in [6, 6.07) is 14.4. The maximum absolute atomic E-state index is 4.68. The molecule has 25 heavy (non-hydrogen) atoms. The summed E-state index contributed by atoms with van der Waals surface area (Å²) < 4.78 is 2.14. The number of benzene rings is 1. The summed E-state index contributed by atoms with van der Waals surface area (Å²) in [5.74, 6) is 0.819. The number of rotatable bonds is 6. The zero-order valence-corrected chi connectivity index (χ0v) is 16.7. The monoisotopic (exact) mass is 449 g/mol. The van der Waals surface area contributed by atoms with E-state index in [1.807, 2.05) is 36.5 Å². The van der Waals surface area contributed by atoms with Gasteiger partial charge in [0.15, 0.2) is 5.96 Å². The van der Waals surface area contributed by atoms with Crippen LogP contribution in [0, 0.1) is 0 Å². The second-order valence-corrected chi connectivity index (χ2v) is 5.52. The third-order valence-electron chi connectivity index (χ3n) is 3.82. The fourth-order valence-corrected chi connectivity index (χ4v) is 2.63. The third kappa shape index (κ3) is 5.45. The van der Waals surface area contributed by atoms with Gasteiger partial charge >= 0.3 is 0 Å². The Kier molecular flexibility index (Phi) is 7.72. The number of aromatic nitrogens is 2. The summed E-state index contributed by atoms with van der Waals surface area (Å²) in [7, 11) is 0. The first-order valence-electron chi connectivity index (χ1n) is 8.32. The lowest BCUT2D eigenvalue weighted by Gasteiger charge is -2.12. The van der Waals surface area contributed by atoms with Gasteiger partial charge in [0.25, 0.3) is 0 Å². The van der Waals surface area contributed by atoms with Gasteiger partial charge < -0.3 is 15.2 Å². The molecule has 0 unspecified atom stereocenters. The third-order valence-corrected chi connectivity index (χ3v) is 3.82. The molecule has 0 saturated carbocycles. The molecule has 5 nitrogen and oxygen atoms in total. The van der Waals surface area contributed by atoms with Crippen LogP contribution in [-0.4, -0.2) is 28.6 Å². The van der Waals surface area contributed by atoms with Crippen LogP contribution in [-0.2, 0) is 13.1 Å². The number of nitrogens with one attached hydrogen (secondary N) is 2. The van der Waals surface area contributed by atoms with Gasteiger partial charge in [0.05, 0.1) is 12.2 Å². The predicted molar refractivity (Wildman–Crippen MR) is 114 cm³/mol. The molecule has 0 radical (unpaired) electrons. The van der Waals surface area contributed by atoms with Crippen molar-refractivity contribution in [2.45, 2.75) is 20.0 Å². The molecule has 0 bridgehead atoms. The van der Waals surface area contributed by atoms with E-state index in [4.69, 9.17) is 0 Å². The van der Waals surface area contributed by atoms with E-state index in [0.717, 1.165) is 36.7 Å². The fraction of sp³-hybridized carbons (Fsp3) is 0.263. The highest BCUT2D eigenvalue weighted by atomic mass is 127. The van der Waals surface area contributed by atoms with Gasteiger partial charge in [-0.15, -0.1) is 24.0 Å². The van der Waals surface area contributed by atoms with Gasteiger partial charge in [0.1, 0.15) is 0 Å². The molecule has 0 aliphatic rings. The van der Waals surface area contributed by atoms with E-state index in [9.17, 15) is 0 Å². The van der Waals surface area contributed by atoms with Crippen LogP contribution < -0.4 is 10.6 Å². The van der Waals surface area contributed by atoms with Crippen molar-refractivity contribution in [3.05, 3.63) is 66.7 Å². The van der Waals surface area contributed by atoms with Crippen molar-refractivity contribution in [1.82, 2.24) is 20.2 Å². The Hall–Kier alpha value is -2.09. The standard InChI is InChI=1S/C19H23N5.HI/c1-2-20-19(22-11-14-24-12-5-6-13-24)23-15-18-17-8-4-3-7-16(17)9-10-21-18;/h3-10,12-13H,2,11,14-15H2,1H3,(H2,20,22,23);1H. The van der Waals surface area contributed by atoms with Gasteiger partial charge in [0, 0.05) is 43.6 Å². The van der Waals surface area contributed by atoms with Gasteiger partial charge in [-0.05, 0) is 30.5 Å². The van der Waals surface area contributed by atoms with Crippen molar-refractivity contribution in [3.63, 3.8) is 0 Å². The average Bonchev–Trinajstić information content (AvgIpc) is 3.13. The van der Waals surface area contributed by atoms with Gasteiger partial charge in [-0.25, -0.2) is 4.99 Å². The summed E-state index contributed by atoms with van der Waals surface area (Å²) in [5, 5.41) is 9.01. The lowest BCUT2D eigenvalue weighted by Crippen LogP contribution is -2.38. The van der Waals surface area contributed by atoms with E-state index < -0.39 is 0 Å². The zero-order valence-electron chi connectivity index (χ0n) is 14.4. The van der Waals surface area contributed by atoms with Crippen molar-refractivity contribution in [2.75, 3.05) is 13.1 Å². The number of aliphatic imine (C=N–C) groups is 1. The molecule has 2 heterocycles. The highest BCUT2D eigenvalue weighted by Gasteiger charge is 2.02. The molecule has 0 aliphatic carbocycles. The maximum Gasteiger partial charge on any atom is 0.191 e. The summed E-state index contributed by atoms with van der Waals surface area (Å²) in [6.45, 7) is 5.19. The fourth-order valence-electron chi connectivity index (χ4n) is 2.63. The molecule has 1 aromatic carbocycles. The maximum atomic E-state index is 4.68. The van der Waals surface area contributed by atoms with E-state index in [2.05, 4.69) is 56.6 Å². The van der Waals surface area contributed by atoms with E-state index in [1.165, 1.54) is 5.39 Å². The number of hydrogen-bond acceptors (Lipinski definition) is 2. The Morgan fingerprint density at radius 3 is 2.68 bits per heavy atom. The largest absolute Gasteiger partial charge is 0.357 e. The number of halogens is 1. The highest BCUT2D eigenvalue weighted by Crippen LogP contribution is 2.16. The Bertz CT molecular complexity index is 793. The van der Waals surface area contributed by atoms with Crippen LogP contribution in [0.2, 0.25) is 0 Å². The molecular formula is C19H24IN5. The summed E-state index contributed by atoms with van der Waals surface area (Å²) in [5.41, 5.74) is 0.996. The molecule has 2 N–H and O–H groups in total. The van der Waals surface area contributed by atoms with Crippen molar-refractivity contribution < 1.29 is 0 Å². The number of pyridine rings is 1. The number of guanidine groups is 1. The van der Waals surface area contributed by atoms with E-state index in [0.29, 0.717) is 6.54 Å². The summed E-state index contributed by atoms with van der Waals surface area (Å²) >= 11 is 0.